The molecule has 2 nitrogen and oxygen atoms in total. The molecule has 1 aromatic carbocycles. The van der Waals surface area contributed by atoms with Gasteiger partial charge in [-0.25, -0.2) is 4.39 Å². The fourth-order valence-corrected chi connectivity index (χ4v) is 3.05. The quantitative estimate of drug-likeness (QED) is 0.871. The summed E-state index contributed by atoms with van der Waals surface area (Å²) in [6.07, 6.45) is 0. The molecule has 90 valence electrons. The van der Waals surface area contributed by atoms with E-state index in [-0.39, 0.29) is 11.5 Å². The van der Waals surface area contributed by atoms with E-state index in [2.05, 4.69) is 22.0 Å². The largest absolute Gasteiger partial charge is 0.396 e. The van der Waals surface area contributed by atoms with Crippen LogP contribution in [-0.2, 0) is 6.54 Å². The van der Waals surface area contributed by atoms with Crippen LogP contribution in [0.1, 0.15) is 4.88 Å². The zero-order chi connectivity index (χ0) is 12.4. The van der Waals surface area contributed by atoms with Crippen molar-refractivity contribution in [2.45, 2.75) is 6.54 Å². The van der Waals surface area contributed by atoms with E-state index >= 15 is 0 Å². The van der Waals surface area contributed by atoms with Gasteiger partial charge in [-0.1, -0.05) is 0 Å². The molecule has 2 N–H and O–H groups in total. The first-order valence-electron chi connectivity index (χ1n) is 5.06. The van der Waals surface area contributed by atoms with Gasteiger partial charge in [0, 0.05) is 17.6 Å². The Balaban J connectivity index is 2.14. The van der Waals surface area contributed by atoms with E-state index in [9.17, 15) is 4.39 Å². The molecule has 0 unspecified atom stereocenters. The van der Waals surface area contributed by atoms with Crippen molar-refractivity contribution >= 4 is 38.6 Å². The summed E-state index contributed by atoms with van der Waals surface area (Å²) in [5.74, 6) is -0.373. The molecule has 1 heterocycles. The number of benzene rings is 1. The number of hydrogen-bond donors (Lipinski definition) is 1. The summed E-state index contributed by atoms with van der Waals surface area (Å²) in [4.78, 5) is 3.21. The smallest absolute Gasteiger partial charge is 0.148 e. The van der Waals surface area contributed by atoms with E-state index in [1.54, 1.807) is 17.4 Å². The molecular weight excluding hydrogens is 303 g/mol. The van der Waals surface area contributed by atoms with Crippen molar-refractivity contribution in [3.05, 3.63) is 44.8 Å². The number of hydrogen-bond acceptors (Lipinski definition) is 3. The Morgan fingerprint density at radius 3 is 2.71 bits per heavy atom. The van der Waals surface area contributed by atoms with Gasteiger partial charge in [0.25, 0.3) is 0 Å². The van der Waals surface area contributed by atoms with Crippen molar-refractivity contribution in [2.24, 2.45) is 0 Å². The summed E-state index contributed by atoms with van der Waals surface area (Å²) in [7, 11) is 1.93. The predicted molar refractivity (Wildman–Crippen MR) is 74.9 cm³/mol. The molecule has 0 atom stereocenters. The molecular formula is C12H12BrFN2S. The molecule has 0 aliphatic heterocycles. The molecule has 0 saturated heterocycles. The molecule has 0 radical (unpaired) electrons. The molecule has 0 aliphatic carbocycles. The third-order valence-corrected chi connectivity index (χ3v) is 4.06. The second kappa shape index (κ2) is 5.06. The summed E-state index contributed by atoms with van der Waals surface area (Å²) in [6, 6.07) is 8.93. The lowest BCUT2D eigenvalue weighted by molar-refractivity contribution is 0.632. The van der Waals surface area contributed by atoms with Crippen LogP contribution in [0, 0.1) is 5.82 Å². The first kappa shape index (κ1) is 12.4. The number of thiophene rings is 1. The van der Waals surface area contributed by atoms with Gasteiger partial charge < -0.3 is 10.6 Å². The second-order valence-electron chi connectivity index (χ2n) is 3.77. The average molecular weight is 315 g/mol. The Morgan fingerprint density at radius 1 is 1.35 bits per heavy atom. The van der Waals surface area contributed by atoms with E-state index < -0.39 is 0 Å². The van der Waals surface area contributed by atoms with Gasteiger partial charge in [-0.05, 0) is 46.3 Å². The molecule has 2 aromatic rings. The van der Waals surface area contributed by atoms with Crippen LogP contribution in [0.25, 0.3) is 0 Å². The molecule has 0 aliphatic rings. The Bertz CT molecular complexity index is 527. The lowest BCUT2D eigenvalue weighted by Gasteiger charge is -2.18. The second-order valence-corrected chi connectivity index (χ2v) is 6.32. The van der Waals surface area contributed by atoms with E-state index in [1.807, 2.05) is 24.1 Å². The highest BCUT2D eigenvalue weighted by Crippen LogP contribution is 2.25. The number of halogens is 2. The minimum absolute atomic E-state index is 0.181. The monoisotopic (exact) mass is 314 g/mol. The van der Waals surface area contributed by atoms with E-state index in [0.29, 0.717) is 0 Å². The molecule has 5 heteroatoms. The van der Waals surface area contributed by atoms with Crippen LogP contribution in [-0.4, -0.2) is 7.05 Å². The van der Waals surface area contributed by atoms with Crippen LogP contribution < -0.4 is 10.6 Å². The molecule has 0 spiro atoms. The molecule has 17 heavy (non-hydrogen) atoms. The number of rotatable bonds is 3. The first-order chi connectivity index (χ1) is 8.06. The van der Waals surface area contributed by atoms with Gasteiger partial charge in [0.1, 0.15) is 5.82 Å². The maximum Gasteiger partial charge on any atom is 0.148 e. The van der Waals surface area contributed by atoms with Gasteiger partial charge in [-0.2, -0.15) is 0 Å². The molecule has 0 amide bonds. The number of nitrogens with zero attached hydrogens (tertiary/aromatic N) is 1. The normalized spacial score (nSPS) is 10.5. The fraction of sp³-hybridized carbons (Fsp3) is 0.167. The lowest BCUT2D eigenvalue weighted by Crippen LogP contribution is -2.15. The summed E-state index contributed by atoms with van der Waals surface area (Å²) in [5, 5.41) is 0. The van der Waals surface area contributed by atoms with E-state index in [0.717, 1.165) is 16.0 Å². The summed E-state index contributed by atoms with van der Waals surface area (Å²) in [5.41, 5.74) is 6.45. The van der Waals surface area contributed by atoms with Crippen molar-refractivity contribution in [3.63, 3.8) is 0 Å². The first-order valence-corrected chi connectivity index (χ1v) is 6.67. The van der Waals surface area contributed by atoms with Crippen LogP contribution in [0.4, 0.5) is 15.8 Å². The van der Waals surface area contributed by atoms with Crippen LogP contribution in [0.3, 0.4) is 0 Å². The third kappa shape index (κ3) is 2.98. The van der Waals surface area contributed by atoms with Crippen molar-refractivity contribution in [2.75, 3.05) is 17.7 Å². The van der Waals surface area contributed by atoms with Gasteiger partial charge in [0.05, 0.1) is 16.0 Å². The van der Waals surface area contributed by atoms with E-state index in [1.165, 1.54) is 10.9 Å². The third-order valence-electron chi connectivity index (χ3n) is 2.45. The molecule has 0 bridgehead atoms. The minimum Gasteiger partial charge on any atom is -0.396 e. The predicted octanol–water partition coefficient (Wildman–Crippen LogP) is 3.87. The Labute approximate surface area is 112 Å². The lowest BCUT2D eigenvalue weighted by atomic mass is 10.2. The zero-order valence-electron chi connectivity index (χ0n) is 9.28. The molecule has 1 aromatic heterocycles. The number of anilines is 2. The maximum absolute atomic E-state index is 13.3. The average Bonchev–Trinajstić information content (AvgIpc) is 2.68. The minimum atomic E-state index is -0.373. The van der Waals surface area contributed by atoms with Crippen LogP contribution in [0.2, 0.25) is 0 Å². The van der Waals surface area contributed by atoms with Crippen molar-refractivity contribution in [3.8, 4) is 0 Å². The standard InChI is InChI=1S/C12H12BrFN2S/c1-16(7-9-3-5-12(13)17-9)8-2-4-11(15)10(14)6-8/h2-6H,7,15H2,1H3. The maximum atomic E-state index is 13.3. The number of nitrogen functional groups attached to an aromatic ring is 1. The highest BCUT2D eigenvalue weighted by atomic mass is 79.9. The highest BCUT2D eigenvalue weighted by Gasteiger charge is 2.06. The van der Waals surface area contributed by atoms with E-state index in [4.69, 9.17) is 5.73 Å². The van der Waals surface area contributed by atoms with Gasteiger partial charge in [-0.3, -0.25) is 0 Å². The molecule has 0 saturated carbocycles. The summed E-state index contributed by atoms with van der Waals surface area (Å²) >= 11 is 5.10. The highest BCUT2D eigenvalue weighted by molar-refractivity contribution is 9.11. The summed E-state index contributed by atoms with van der Waals surface area (Å²) < 4.78 is 14.4. The fourth-order valence-electron chi connectivity index (χ4n) is 1.52. The Kier molecular flexibility index (Phi) is 3.69. The zero-order valence-corrected chi connectivity index (χ0v) is 11.7. The van der Waals surface area contributed by atoms with Crippen molar-refractivity contribution < 1.29 is 4.39 Å². The van der Waals surface area contributed by atoms with Gasteiger partial charge in [-0.15, -0.1) is 11.3 Å². The Morgan fingerprint density at radius 2 is 2.12 bits per heavy atom. The summed E-state index contributed by atoms with van der Waals surface area (Å²) in [6.45, 7) is 0.750. The molecule has 2 rings (SSSR count). The van der Waals surface area contributed by atoms with Crippen LogP contribution in [0.5, 0.6) is 0 Å². The Hall–Kier alpha value is -1.07. The molecule has 0 fully saturated rings. The number of nitrogens with two attached hydrogens (primary N) is 1. The van der Waals surface area contributed by atoms with Crippen molar-refractivity contribution in [1.82, 2.24) is 0 Å². The topological polar surface area (TPSA) is 29.3 Å². The SMILES string of the molecule is CN(Cc1ccc(Br)s1)c1ccc(N)c(F)c1. The van der Waals surface area contributed by atoms with Gasteiger partial charge in [0.15, 0.2) is 0 Å². The van der Waals surface area contributed by atoms with Crippen LogP contribution >= 0.6 is 27.3 Å². The van der Waals surface area contributed by atoms with Gasteiger partial charge >= 0.3 is 0 Å². The van der Waals surface area contributed by atoms with Crippen molar-refractivity contribution in [1.29, 1.82) is 0 Å². The van der Waals surface area contributed by atoms with Gasteiger partial charge in [0.2, 0.25) is 0 Å². The van der Waals surface area contributed by atoms with Crippen LogP contribution in [0.15, 0.2) is 34.1 Å².